The molecular weight excluding hydrogens is 432 g/mol. The lowest BCUT2D eigenvalue weighted by molar-refractivity contribution is -0.119. The largest absolute Gasteiger partial charge is 0.311 e. The molecule has 0 N–H and O–H groups in total. The number of likely N-dealkylation sites (N-methyl/N-ethyl adjacent to an activating group) is 1. The number of aryl methyl sites for hydroxylation is 1. The molecule has 0 radical (unpaired) electrons. The Morgan fingerprint density at radius 3 is 2.73 bits per heavy atom. The van der Waals surface area contributed by atoms with E-state index in [2.05, 4.69) is 62.6 Å². The highest BCUT2D eigenvalue weighted by molar-refractivity contribution is 7.09. The molecule has 0 bridgehead atoms. The summed E-state index contributed by atoms with van der Waals surface area (Å²) in [4.78, 5) is 25.8. The van der Waals surface area contributed by atoms with Crippen molar-refractivity contribution in [2.75, 3.05) is 25.0 Å². The third kappa shape index (κ3) is 4.31. The van der Waals surface area contributed by atoms with Crippen LogP contribution in [0.25, 0.3) is 16.9 Å². The molecular formula is C25H26N6OS. The predicted molar refractivity (Wildman–Crippen MR) is 131 cm³/mol. The Morgan fingerprint density at radius 2 is 2.03 bits per heavy atom. The van der Waals surface area contributed by atoms with Crippen molar-refractivity contribution in [2.24, 2.45) is 0 Å². The summed E-state index contributed by atoms with van der Waals surface area (Å²) >= 11 is 1.66. The van der Waals surface area contributed by atoms with E-state index in [0.717, 1.165) is 46.2 Å². The molecule has 1 aliphatic heterocycles. The van der Waals surface area contributed by atoms with Crippen LogP contribution in [0.2, 0.25) is 0 Å². The van der Waals surface area contributed by atoms with Crippen molar-refractivity contribution < 1.29 is 4.79 Å². The number of benzene rings is 2. The second kappa shape index (κ2) is 8.88. The number of hydrogen-bond acceptors (Lipinski definition) is 6. The van der Waals surface area contributed by atoms with Gasteiger partial charge in [-0.1, -0.05) is 18.2 Å². The van der Waals surface area contributed by atoms with Crippen molar-refractivity contribution in [1.29, 1.82) is 0 Å². The molecule has 1 amide bonds. The minimum atomic E-state index is 0.108. The van der Waals surface area contributed by atoms with E-state index < -0.39 is 0 Å². The van der Waals surface area contributed by atoms with Gasteiger partial charge in [-0.3, -0.25) is 9.69 Å². The standard InChI is InChI=1S/C25H26N6OS/c1-17(19-4-7-22(8-5-19)31-16-26-15-27-31)29(3)13-25(32)30-11-10-21-12-20(6-9-24(21)30)23-14-33-18(2)28-23/h4-9,12,14-17H,10-11,13H2,1-3H3/t17-/m0/s1. The first kappa shape index (κ1) is 21.5. The van der Waals surface area contributed by atoms with Crippen LogP contribution < -0.4 is 4.90 Å². The van der Waals surface area contributed by atoms with Gasteiger partial charge in [0, 0.05) is 29.2 Å². The smallest absolute Gasteiger partial charge is 0.241 e. The van der Waals surface area contributed by atoms with Crippen LogP contribution in [-0.4, -0.2) is 50.7 Å². The van der Waals surface area contributed by atoms with Gasteiger partial charge < -0.3 is 4.90 Å². The number of amides is 1. The van der Waals surface area contributed by atoms with E-state index in [0.29, 0.717) is 6.54 Å². The van der Waals surface area contributed by atoms with Crippen LogP contribution in [0, 0.1) is 6.92 Å². The summed E-state index contributed by atoms with van der Waals surface area (Å²) in [5.41, 5.74) is 6.48. The zero-order chi connectivity index (χ0) is 22.9. The molecule has 33 heavy (non-hydrogen) atoms. The quantitative estimate of drug-likeness (QED) is 0.431. The highest BCUT2D eigenvalue weighted by atomic mass is 32.1. The Hall–Kier alpha value is -3.36. The molecule has 7 nitrogen and oxygen atoms in total. The minimum absolute atomic E-state index is 0.108. The number of rotatable bonds is 6. The Kier molecular flexibility index (Phi) is 5.78. The maximum atomic E-state index is 13.2. The van der Waals surface area contributed by atoms with E-state index in [1.807, 2.05) is 31.0 Å². The minimum Gasteiger partial charge on any atom is -0.311 e. The van der Waals surface area contributed by atoms with Gasteiger partial charge in [-0.05, 0) is 62.7 Å². The molecule has 168 valence electrons. The van der Waals surface area contributed by atoms with Gasteiger partial charge in [-0.15, -0.1) is 11.3 Å². The average Bonchev–Trinajstić information content (AvgIpc) is 3.59. The molecule has 0 spiro atoms. The number of nitrogens with zero attached hydrogens (tertiary/aromatic N) is 6. The first-order chi connectivity index (χ1) is 16.0. The summed E-state index contributed by atoms with van der Waals surface area (Å²) in [5, 5.41) is 7.31. The van der Waals surface area contributed by atoms with E-state index >= 15 is 0 Å². The van der Waals surface area contributed by atoms with Crippen LogP contribution in [0.4, 0.5) is 5.69 Å². The molecule has 0 saturated heterocycles. The SMILES string of the molecule is Cc1nc(-c2ccc3c(c2)CCN3C(=O)CN(C)[C@@H](C)c2ccc(-n3cncn3)cc2)cs1. The molecule has 1 aliphatic rings. The van der Waals surface area contributed by atoms with Gasteiger partial charge in [-0.25, -0.2) is 14.6 Å². The van der Waals surface area contributed by atoms with E-state index in [9.17, 15) is 4.79 Å². The summed E-state index contributed by atoms with van der Waals surface area (Å²) in [5.74, 6) is 0.125. The van der Waals surface area contributed by atoms with Crippen LogP contribution in [0.15, 0.2) is 60.5 Å². The van der Waals surface area contributed by atoms with Crippen LogP contribution in [0.3, 0.4) is 0 Å². The number of fused-ring (bicyclic) bond motifs is 1. The van der Waals surface area contributed by atoms with Crippen molar-refractivity contribution in [2.45, 2.75) is 26.3 Å². The van der Waals surface area contributed by atoms with Crippen LogP contribution in [-0.2, 0) is 11.2 Å². The second-order valence-electron chi connectivity index (χ2n) is 8.41. The summed E-state index contributed by atoms with van der Waals surface area (Å²) in [6.45, 7) is 5.23. The average molecular weight is 459 g/mol. The number of aromatic nitrogens is 4. The topological polar surface area (TPSA) is 67.2 Å². The number of anilines is 1. The molecule has 2 aromatic heterocycles. The monoisotopic (exact) mass is 458 g/mol. The molecule has 5 rings (SSSR count). The Balaban J connectivity index is 1.25. The molecule has 0 saturated carbocycles. The first-order valence-corrected chi connectivity index (χ1v) is 11.9. The lowest BCUT2D eigenvalue weighted by Crippen LogP contribution is -2.39. The van der Waals surface area contributed by atoms with E-state index in [4.69, 9.17) is 0 Å². The van der Waals surface area contributed by atoms with Gasteiger partial charge in [-0.2, -0.15) is 5.10 Å². The highest BCUT2D eigenvalue weighted by Gasteiger charge is 2.27. The van der Waals surface area contributed by atoms with Crippen LogP contribution in [0.1, 0.15) is 29.1 Å². The first-order valence-electron chi connectivity index (χ1n) is 11.0. The lowest BCUT2D eigenvalue weighted by Gasteiger charge is -2.27. The van der Waals surface area contributed by atoms with Crippen molar-refractivity contribution in [1.82, 2.24) is 24.6 Å². The predicted octanol–water partition coefficient (Wildman–Crippen LogP) is 4.28. The van der Waals surface area contributed by atoms with Crippen LogP contribution >= 0.6 is 11.3 Å². The van der Waals surface area contributed by atoms with Gasteiger partial charge in [0.2, 0.25) is 5.91 Å². The zero-order valence-corrected chi connectivity index (χ0v) is 19.8. The summed E-state index contributed by atoms with van der Waals surface area (Å²) < 4.78 is 1.73. The summed E-state index contributed by atoms with van der Waals surface area (Å²) in [7, 11) is 2.00. The third-order valence-electron chi connectivity index (χ3n) is 6.30. The number of carbonyl (C=O) groups excluding carboxylic acids is 1. The van der Waals surface area contributed by atoms with E-state index in [1.165, 1.54) is 11.9 Å². The number of thiazole rings is 1. The normalized spacial score (nSPS) is 14.0. The van der Waals surface area contributed by atoms with E-state index in [-0.39, 0.29) is 11.9 Å². The molecule has 0 unspecified atom stereocenters. The fourth-order valence-corrected chi connectivity index (χ4v) is 4.88. The van der Waals surface area contributed by atoms with Gasteiger partial charge in [0.1, 0.15) is 12.7 Å². The van der Waals surface area contributed by atoms with Crippen molar-refractivity contribution in [3.8, 4) is 16.9 Å². The second-order valence-corrected chi connectivity index (χ2v) is 9.48. The third-order valence-corrected chi connectivity index (χ3v) is 7.07. The molecule has 8 heteroatoms. The highest BCUT2D eigenvalue weighted by Crippen LogP contribution is 2.33. The summed E-state index contributed by atoms with van der Waals surface area (Å²) in [6, 6.07) is 14.6. The molecule has 1 atom stereocenters. The Bertz CT molecular complexity index is 1260. The fourth-order valence-electron chi connectivity index (χ4n) is 4.25. The Morgan fingerprint density at radius 1 is 1.21 bits per heavy atom. The van der Waals surface area contributed by atoms with Crippen LogP contribution in [0.5, 0.6) is 0 Å². The molecule has 2 aromatic carbocycles. The molecule has 0 fully saturated rings. The fraction of sp³-hybridized carbons (Fsp3) is 0.280. The Labute approximate surface area is 197 Å². The van der Waals surface area contributed by atoms with Gasteiger partial charge >= 0.3 is 0 Å². The van der Waals surface area contributed by atoms with Crippen molar-refractivity contribution in [3.63, 3.8) is 0 Å². The zero-order valence-electron chi connectivity index (χ0n) is 19.0. The maximum absolute atomic E-state index is 13.2. The lowest BCUT2D eigenvalue weighted by atomic mass is 10.1. The summed E-state index contributed by atoms with van der Waals surface area (Å²) in [6.07, 6.45) is 4.08. The number of hydrogen-bond donors (Lipinski definition) is 0. The van der Waals surface area contributed by atoms with Gasteiger partial charge in [0.05, 0.1) is 22.9 Å². The van der Waals surface area contributed by atoms with Gasteiger partial charge in [0.25, 0.3) is 0 Å². The van der Waals surface area contributed by atoms with Crippen molar-refractivity contribution in [3.05, 3.63) is 76.6 Å². The maximum Gasteiger partial charge on any atom is 0.241 e. The van der Waals surface area contributed by atoms with E-state index in [1.54, 1.807) is 22.3 Å². The molecule has 0 aliphatic carbocycles. The van der Waals surface area contributed by atoms with Gasteiger partial charge in [0.15, 0.2) is 0 Å². The molecule has 4 aromatic rings. The van der Waals surface area contributed by atoms with Crippen molar-refractivity contribution >= 4 is 22.9 Å². The molecule has 3 heterocycles. The number of carbonyl (C=O) groups is 1.